The number of nitrogens with zero attached hydrogens (tertiary/aromatic N) is 3. The molecule has 0 amide bonds. The van der Waals surface area contributed by atoms with Crippen molar-refractivity contribution in [3.05, 3.63) is 187 Å². The van der Waals surface area contributed by atoms with Crippen LogP contribution in [0.3, 0.4) is 0 Å². The second-order valence-electron chi connectivity index (χ2n) is 13.8. The van der Waals surface area contributed by atoms with E-state index in [0.29, 0.717) is 0 Å². The molecule has 6 heteroatoms. The summed E-state index contributed by atoms with van der Waals surface area (Å²) in [5, 5.41) is 15.5. The van der Waals surface area contributed by atoms with Crippen LogP contribution in [0.15, 0.2) is 170 Å². The third kappa shape index (κ3) is 7.76. The van der Waals surface area contributed by atoms with Crippen molar-refractivity contribution in [3.63, 3.8) is 0 Å². The number of pyridine rings is 1. The van der Waals surface area contributed by atoms with Crippen LogP contribution >= 0.6 is 0 Å². The van der Waals surface area contributed by atoms with Gasteiger partial charge in [-0.2, -0.15) is 4.57 Å². The number of allylic oxidation sites excluding steroid dienone is 2. The molecule has 0 unspecified atom stereocenters. The Bertz CT molecular complexity index is 2900. The Balaban J connectivity index is 0.000000161. The zero-order chi connectivity index (χ0) is 37.9. The minimum atomic E-state index is -0.125. The van der Waals surface area contributed by atoms with Gasteiger partial charge in [0.2, 0.25) is 5.69 Å². The van der Waals surface area contributed by atoms with E-state index in [1.807, 2.05) is 25.3 Å². The fraction of sp³-hybridized carbons (Fsp3) is 0.0800. The van der Waals surface area contributed by atoms with Crippen molar-refractivity contribution in [2.45, 2.75) is 27.3 Å². The number of ketones is 1. The Kier molecular flexibility index (Phi) is 11.2. The number of aromatic nitrogens is 3. The summed E-state index contributed by atoms with van der Waals surface area (Å²) in [5.41, 5.74) is 11.6. The second kappa shape index (κ2) is 16.6. The zero-order valence-corrected chi connectivity index (χ0v) is 33.7. The minimum absolute atomic E-state index is 0. The first kappa shape index (κ1) is 38.0. The Morgan fingerprint density at radius 3 is 2.07 bits per heavy atom. The van der Waals surface area contributed by atoms with Crippen LogP contribution in [0.4, 0.5) is 0 Å². The molecule has 7 aromatic carbocycles. The van der Waals surface area contributed by atoms with E-state index in [9.17, 15) is 4.79 Å². The Morgan fingerprint density at radius 2 is 1.36 bits per heavy atom. The van der Waals surface area contributed by atoms with Crippen molar-refractivity contribution < 1.29 is 34.6 Å². The summed E-state index contributed by atoms with van der Waals surface area (Å²) in [6.45, 7) is 5.83. The van der Waals surface area contributed by atoms with Crippen molar-refractivity contribution in [2.75, 3.05) is 0 Å². The number of rotatable bonds is 3. The maximum atomic E-state index is 10.0. The van der Waals surface area contributed by atoms with Crippen molar-refractivity contribution in [1.29, 1.82) is 0 Å². The Morgan fingerprint density at radius 1 is 0.696 bits per heavy atom. The Hall–Kier alpha value is -6.33. The van der Waals surface area contributed by atoms with Crippen LogP contribution in [0.5, 0.6) is 0 Å². The molecule has 0 saturated heterocycles. The molecule has 0 bridgehead atoms. The molecule has 2 aromatic heterocycles. The van der Waals surface area contributed by atoms with Gasteiger partial charge in [0, 0.05) is 49.5 Å². The van der Waals surface area contributed by atoms with E-state index in [-0.39, 0.29) is 31.6 Å². The average molecular weight is 906 g/mol. The molecule has 1 radical (unpaired) electrons. The number of carbonyl (C=O) groups excluding carboxylic acids is 1. The summed E-state index contributed by atoms with van der Waals surface area (Å²) in [6, 6.07) is 54.9. The third-order valence-electron chi connectivity index (χ3n) is 9.81. The predicted molar refractivity (Wildman–Crippen MR) is 225 cm³/mol. The van der Waals surface area contributed by atoms with Gasteiger partial charge in [0.05, 0.1) is 27.9 Å². The van der Waals surface area contributed by atoms with Crippen LogP contribution in [0, 0.1) is 13.0 Å². The van der Waals surface area contributed by atoms with Gasteiger partial charge in [-0.15, -0.1) is 23.6 Å². The van der Waals surface area contributed by atoms with Crippen molar-refractivity contribution in [2.24, 2.45) is 0 Å². The first-order valence-electron chi connectivity index (χ1n) is 18.4. The second-order valence-corrected chi connectivity index (χ2v) is 13.8. The van der Waals surface area contributed by atoms with Crippen molar-refractivity contribution >= 4 is 49.1 Å². The number of carbonyl (C=O) groups is 1. The molecule has 275 valence electrons. The standard InChI is InChI=1S/C29H19N2.C16H12N.C5H8O2.Ir/c1-19-18-30-28-24-14-12-22(20-8-4-2-5-9-20)16-26(24)27-17-23(21-10-6-3-7-11-21)13-15-25(27)29(28)31-19;1-3-7-14-12(5-1)9-10-17-11-13-6-2-4-8-15(13)16(14)17;1-4(6)3-5(2)7;/h2-13,15-18H,1H3;1-10H,11H2;3,6H,1-2H3;/q-1;+1;;. The number of aliphatic hydroxyl groups is 1. The normalized spacial score (nSPS) is 11.5. The fourth-order valence-electron chi connectivity index (χ4n) is 7.39. The van der Waals surface area contributed by atoms with Gasteiger partial charge in [0.15, 0.2) is 18.5 Å². The molecular formula is C50H39IrN3O2. The molecular weight excluding hydrogens is 867 g/mol. The molecule has 0 aliphatic carbocycles. The first-order valence-corrected chi connectivity index (χ1v) is 18.4. The number of hydrogen-bond donors (Lipinski definition) is 1. The quantitative estimate of drug-likeness (QED) is 0.0631. The number of benzene rings is 7. The van der Waals surface area contributed by atoms with E-state index in [1.165, 1.54) is 69.6 Å². The summed E-state index contributed by atoms with van der Waals surface area (Å²) in [5.74, 6) is -0.0625. The maximum absolute atomic E-state index is 10.0. The molecule has 1 aliphatic heterocycles. The fourth-order valence-corrected chi connectivity index (χ4v) is 7.39. The van der Waals surface area contributed by atoms with Gasteiger partial charge >= 0.3 is 0 Å². The van der Waals surface area contributed by atoms with E-state index in [4.69, 9.17) is 15.1 Å². The van der Waals surface area contributed by atoms with Gasteiger partial charge in [-0.3, -0.25) is 9.78 Å². The first-order chi connectivity index (χ1) is 26.8. The molecule has 1 N–H and O–H groups in total. The van der Waals surface area contributed by atoms with Gasteiger partial charge in [-0.05, 0) is 54.8 Å². The van der Waals surface area contributed by atoms with Crippen LogP contribution < -0.4 is 4.57 Å². The van der Waals surface area contributed by atoms with E-state index in [1.54, 1.807) is 0 Å². The smallest absolute Gasteiger partial charge is 0.221 e. The average Bonchev–Trinajstić information content (AvgIpc) is 3.61. The van der Waals surface area contributed by atoms with Crippen molar-refractivity contribution in [3.8, 4) is 33.5 Å². The predicted octanol–water partition coefficient (Wildman–Crippen LogP) is 11.6. The van der Waals surface area contributed by atoms with Gasteiger partial charge in [0.25, 0.3) is 0 Å². The minimum Gasteiger partial charge on any atom is -0.512 e. The molecule has 0 spiro atoms. The summed E-state index contributed by atoms with van der Waals surface area (Å²) >= 11 is 0. The van der Waals surface area contributed by atoms with E-state index in [0.717, 1.165) is 45.0 Å². The number of hydrogen-bond acceptors (Lipinski definition) is 4. The number of fused-ring (bicyclic) bond motifs is 11. The van der Waals surface area contributed by atoms with Gasteiger partial charge in [-0.1, -0.05) is 137 Å². The molecule has 10 rings (SSSR count). The van der Waals surface area contributed by atoms with Gasteiger partial charge in [-0.25, -0.2) is 0 Å². The molecule has 3 heterocycles. The molecule has 9 aromatic rings. The van der Waals surface area contributed by atoms with Gasteiger partial charge in [0.1, 0.15) is 0 Å². The van der Waals surface area contributed by atoms with Crippen LogP contribution in [0.25, 0.3) is 76.9 Å². The SMILES string of the molecule is CC(=O)C=C(C)O.Cc1cnc2c3[c-]cc(-c4ccccc4)cc3c3cc(-c4ccccc4)ccc3c2n1.[Ir].c1ccc2c(c1)C[n+]1ccc3ccccc3c1-2. The monoisotopic (exact) mass is 906 g/mol. The maximum Gasteiger partial charge on any atom is 0.221 e. The zero-order valence-electron chi connectivity index (χ0n) is 31.3. The molecule has 56 heavy (non-hydrogen) atoms. The van der Waals surface area contributed by atoms with E-state index in [2.05, 4.69) is 150 Å². The summed E-state index contributed by atoms with van der Waals surface area (Å²) in [4.78, 5) is 19.6. The van der Waals surface area contributed by atoms with Crippen molar-refractivity contribution in [1.82, 2.24) is 9.97 Å². The van der Waals surface area contributed by atoms with Crippen LogP contribution in [0.2, 0.25) is 0 Å². The molecule has 0 atom stereocenters. The third-order valence-corrected chi connectivity index (χ3v) is 9.81. The summed E-state index contributed by atoms with van der Waals surface area (Å²) < 4.78 is 2.34. The Labute approximate surface area is 340 Å². The molecule has 0 saturated carbocycles. The number of aryl methyl sites for hydroxylation is 1. The number of aliphatic hydroxyl groups excluding tert-OH is 1. The topological polar surface area (TPSA) is 67.0 Å². The molecule has 0 fully saturated rings. The summed E-state index contributed by atoms with van der Waals surface area (Å²) in [6.07, 6.45) is 5.20. The van der Waals surface area contributed by atoms with Crippen LogP contribution in [-0.4, -0.2) is 20.9 Å². The van der Waals surface area contributed by atoms with E-state index >= 15 is 0 Å². The largest absolute Gasteiger partial charge is 0.512 e. The van der Waals surface area contributed by atoms with E-state index < -0.39 is 0 Å². The summed E-state index contributed by atoms with van der Waals surface area (Å²) in [7, 11) is 0. The van der Waals surface area contributed by atoms with Gasteiger partial charge < -0.3 is 10.1 Å². The molecule has 1 aliphatic rings. The van der Waals surface area contributed by atoms with Crippen LogP contribution in [0.1, 0.15) is 25.1 Å². The molecule has 5 nitrogen and oxygen atoms in total. The van der Waals surface area contributed by atoms with Crippen LogP contribution in [-0.2, 0) is 31.4 Å².